The number of ether oxygens (including phenoxy) is 2. The third-order valence-electron chi connectivity index (χ3n) is 6.40. The molecule has 2 heterocycles. The Morgan fingerprint density at radius 3 is 2.24 bits per heavy atom. The highest BCUT2D eigenvalue weighted by Crippen LogP contribution is 2.44. The molecule has 1 aliphatic rings. The fraction of sp³-hybridized carbons (Fsp3) is 0.462. The first-order valence-corrected chi connectivity index (χ1v) is 12.0. The quantitative estimate of drug-likeness (QED) is 0.356. The normalized spacial score (nSPS) is 21.6. The molecule has 1 N–H and O–H groups in total. The van der Waals surface area contributed by atoms with Crippen LogP contribution in [-0.4, -0.2) is 47.1 Å². The molecule has 3 aromatic rings. The highest BCUT2D eigenvalue weighted by Gasteiger charge is 2.41. The van der Waals surface area contributed by atoms with Crippen molar-refractivity contribution in [3.8, 4) is 0 Å². The van der Waals surface area contributed by atoms with E-state index < -0.39 is 41.8 Å². The molecule has 4 rings (SSSR count). The van der Waals surface area contributed by atoms with Gasteiger partial charge in [-0.2, -0.15) is 31.4 Å². The molecule has 4 atom stereocenters. The number of halogens is 6. The molecule has 0 aliphatic carbocycles. The maximum atomic E-state index is 13.4. The highest BCUT2D eigenvalue weighted by molar-refractivity contribution is 5.35. The lowest BCUT2D eigenvalue weighted by atomic mass is 9.81. The second-order valence-electron chi connectivity index (χ2n) is 9.56. The first kappa shape index (κ1) is 28.1. The Labute approximate surface area is 216 Å². The third-order valence-corrected chi connectivity index (χ3v) is 6.40. The van der Waals surface area contributed by atoms with E-state index in [1.807, 2.05) is 49.3 Å². The number of hydrogen-bond acceptors (Lipinski definition) is 5. The van der Waals surface area contributed by atoms with Gasteiger partial charge in [0.05, 0.1) is 30.4 Å². The van der Waals surface area contributed by atoms with Crippen LogP contribution in [0.4, 0.5) is 26.3 Å². The van der Waals surface area contributed by atoms with Crippen molar-refractivity contribution in [2.75, 3.05) is 20.7 Å². The summed E-state index contributed by atoms with van der Waals surface area (Å²) in [6.45, 7) is 2.18. The molecule has 0 bridgehead atoms. The molecule has 1 fully saturated rings. The van der Waals surface area contributed by atoms with Crippen LogP contribution in [0, 0.1) is 0 Å². The maximum absolute atomic E-state index is 13.4. The summed E-state index contributed by atoms with van der Waals surface area (Å²) in [5, 5.41) is 7.27. The summed E-state index contributed by atoms with van der Waals surface area (Å²) in [6, 6.07) is 10.7. The van der Waals surface area contributed by atoms with Crippen LogP contribution in [0.15, 0.2) is 48.5 Å². The molecule has 0 unspecified atom stereocenters. The standard InChI is InChI=1S/C26H28F6N4O2/c1-15(17-11-18(25(27,28)29)13-19(12-17)26(30,31)32)38-24-22(16-7-5-4-6-8-16)20(9-10-37-24)23-33-21(34-35-23)14-36(2)3/h4-8,11-13,15,20,22,24H,9-10,14H2,1-3H3,(H,33,34,35)/t15-,20-,22+,24-/m1/s1. The number of aromatic nitrogens is 3. The SMILES string of the molecule is C[C@@H](O[C@H]1OCC[C@@H](c2nc(CN(C)C)n[nH]2)[C@@H]1c1ccccc1)c1cc(C(F)(F)F)cc(C(F)(F)F)c1. The molecule has 0 amide bonds. The number of nitrogens with zero attached hydrogens (tertiary/aromatic N) is 3. The zero-order chi connectivity index (χ0) is 27.7. The van der Waals surface area contributed by atoms with Crippen molar-refractivity contribution in [2.24, 2.45) is 0 Å². The van der Waals surface area contributed by atoms with Crippen LogP contribution in [0.25, 0.3) is 0 Å². The number of alkyl halides is 6. The third kappa shape index (κ3) is 6.54. The predicted molar refractivity (Wildman–Crippen MR) is 126 cm³/mol. The highest BCUT2D eigenvalue weighted by atomic mass is 19.4. The summed E-state index contributed by atoms with van der Waals surface area (Å²) < 4.78 is 92.4. The van der Waals surface area contributed by atoms with Gasteiger partial charge in [-0.15, -0.1) is 0 Å². The predicted octanol–water partition coefficient (Wildman–Crippen LogP) is 6.30. The fourth-order valence-electron chi connectivity index (χ4n) is 4.60. The van der Waals surface area contributed by atoms with Gasteiger partial charge in [0, 0.05) is 11.8 Å². The van der Waals surface area contributed by atoms with Gasteiger partial charge >= 0.3 is 12.4 Å². The van der Waals surface area contributed by atoms with E-state index in [-0.39, 0.29) is 24.2 Å². The molecule has 6 nitrogen and oxygen atoms in total. The monoisotopic (exact) mass is 542 g/mol. The van der Waals surface area contributed by atoms with Gasteiger partial charge in [0.15, 0.2) is 12.1 Å². The van der Waals surface area contributed by atoms with Crippen LogP contribution in [0.5, 0.6) is 0 Å². The minimum absolute atomic E-state index is 0.103. The van der Waals surface area contributed by atoms with Gasteiger partial charge in [-0.1, -0.05) is 30.3 Å². The number of rotatable bonds is 7. The zero-order valence-corrected chi connectivity index (χ0v) is 21.0. The summed E-state index contributed by atoms with van der Waals surface area (Å²) in [5.74, 6) is 0.524. The molecule has 0 saturated carbocycles. The van der Waals surface area contributed by atoms with Crippen LogP contribution in [0.1, 0.15) is 65.2 Å². The lowest BCUT2D eigenvalue weighted by molar-refractivity contribution is -0.202. The van der Waals surface area contributed by atoms with Crippen molar-refractivity contribution in [3.63, 3.8) is 0 Å². The molecule has 12 heteroatoms. The molecule has 1 aromatic heterocycles. The smallest absolute Gasteiger partial charge is 0.352 e. The van der Waals surface area contributed by atoms with Crippen molar-refractivity contribution < 1.29 is 35.8 Å². The topological polar surface area (TPSA) is 63.3 Å². The van der Waals surface area contributed by atoms with E-state index in [0.717, 1.165) is 5.56 Å². The largest absolute Gasteiger partial charge is 0.416 e. The van der Waals surface area contributed by atoms with Crippen molar-refractivity contribution in [1.82, 2.24) is 20.1 Å². The Kier molecular flexibility index (Phi) is 8.15. The van der Waals surface area contributed by atoms with Gasteiger partial charge < -0.3 is 14.4 Å². The summed E-state index contributed by atoms with van der Waals surface area (Å²) in [4.78, 5) is 6.55. The average Bonchev–Trinajstić information content (AvgIpc) is 3.30. The van der Waals surface area contributed by atoms with E-state index in [1.54, 1.807) is 0 Å². The van der Waals surface area contributed by atoms with Crippen molar-refractivity contribution >= 4 is 0 Å². The number of hydrogen-bond donors (Lipinski definition) is 1. The Morgan fingerprint density at radius 2 is 1.66 bits per heavy atom. The number of aromatic amines is 1. The van der Waals surface area contributed by atoms with Gasteiger partial charge in [0.2, 0.25) is 0 Å². The van der Waals surface area contributed by atoms with E-state index in [9.17, 15) is 26.3 Å². The summed E-state index contributed by atoms with van der Waals surface area (Å²) in [5.41, 5.74) is -2.21. The maximum Gasteiger partial charge on any atom is 0.416 e. The van der Waals surface area contributed by atoms with Gasteiger partial charge in [-0.25, -0.2) is 4.98 Å². The van der Waals surface area contributed by atoms with Gasteiger partial charge in [-0.05, 0) is 56.8 Å². The lowest BCUT2D eigenvalue weighted by Gasteiger charge is -2.38. The van der Waals surface area contributed by atoms with E-state index in [2.05, 4.69) is 15.2 Å². The van der Waals surface area contributed by atoms with Crippen molar-refractivity contribution in [2.45, 2.75) is 56.5 Å². The molecule has 206 valence electrons. The van der Waals surface area contributed by atoms with E-state index in [0.29, 0.717) is 36.7 Å². The molecule has 0 spiro atoms. The minimum atomic E-state index is -4.95. The van der Waals surface area contributed by atoms with Crippen molar-refractivity contribution in [3.05, 3.63) is 82.4 Å². The van der Waals surface area contributed by atoms with Crippen LogP contribution in [-0.2, 0) is 28.4 Å². The molecule has 2 aromatic carbocycles. The van der Waals surface area contributed by atoms with Crippen LogP contribution in [0.2, 0.25) is 0 Å². The van der Waals surface area contributed by atoms with E-state index in [4.69, 9.17) is 9.47 Å². The lowest BCUT2D eigenvalue weighted by Crippen LogP contribution is -2.36. The Morgan fingerprint density at radius 1 is 1.03 bits per heavy atom. The Balaban J connectivity index is 1.67. The molecule has 1 saturated heterocycles. The van der Waals surface area contributed by atoms with E-state index >= 15 is 0 Å². The molecule has 1 aliphatic heterocycles. The Hall–Kier alpha value is -2.96. The molecular formula is C26H28F6N4O2. The second kappa shape index (κ2) is 11.0. The first-order valence-electron chi connectivity index (χ1n) is 12.0. The summed E-state index contributed by atoms with van der Waals surface area (Å²) in [7, 11) is 3.78. The number of benzene rings is 2. The van der Waals surface area contributed by atoms with Crippen molar-refractivity contribution in [1.29, 1.82) is 0 Å². The van der Waals surface area contributed by atoms with Gasteiger partial charge in [0.25, 0.3) is 0 Å². The Bertz CT molecular complexity index is 1180. The van der Waals surface area contributed by atoms with Crippen LogP contribution < -0.4 is 0 Å². The van der Waals surface area contributed by atoms with Gasteiger partial charge in [-0.3, -0.25) is 5.10 Å². The summed E-state index contributed by atoms with van der Waals surface area (Å²) >= 11 is 0. The van der Waals surface area contributed by atoms with Crippen LogP contribution >= 0.6 is 0 Å². The minimum Gasteiger partial charge on any atom is -0.352 e. The number of nitrogens with one attached hydrogen (secondary N) is 1. The fourth-order valence-corrected chi connectivity index (χ4v) is 4.60. The summed E-state index contributed by atoms with van der Waals surface area (Å²) in [6.07, 6.45) is -11.4. The van der Waals surface area contributed by atoms with Crippen LogP contribution in [0.3, 0.4) is 0 Å². The van der Waals surface area contributed by atoms with Gasteiger partial charge in [0.1, 0.15) is 5.82 Å². The van der Waals surface area contributed by atoms with E-state index in [1.165, 1.54) is 6.92 Å². The zero-order valence-electron chi connectivity index (χ0n) is 21.0. The average molecular weight is 543 g/mol. The molecule has 38 heavy (non-hydrogen) atoms. The second-order valence-corrected chi connectivity index (χ2v) is 9.56. The first-order chi connectivity index (χ1) is 17.8. The molecule has 0 radical (unpaired) electrons. The number of H-pyrrole nitrogens is 1. The molecular weight excluding hydrogens is 514 g/mol.